The van der Waals surface area contributed by atoms with Crippen molar-refractivity contribution in [3.05, 3.63) is 127 Å². The summed E-state index contributed by atoms with van der Waals surface area (Å²) in [7, 11) is -2.30. The molecule has 0 aliphatic carbocycles. The van der Waals surface area contributed by atoms with Gasteiger partial charge in [0.25, 0.3) is 0 Å². The summed E-state index contributed by atoms with van der Waals surface area (Å²) in [6, 6.07) is 40.3. The molecule has 0 heterocycles. The summed E-state index contributed by atoms with van der Waals surface area (Å²) >= 11 is 0. The molecule has 27 heavy (non-hydrogen) atoms. The van der Waals surface area contributed by atoms with Crippen LogP contribution >= 0.6 is 0 Å². The predicted octanol–water partition coefficient (Wildman–Crippen LogP) is 4.08. The lowest BCUT2D eigenvalue weighted by Gasteiger charge is -2.34. The number of hydrogen-bond donors (Lipinski definition) is 0. The topological polar surface area (TPSA) is 0 Å². The molecule has 0 amide bonds. The van der Waals surface area contributed by atoms with E-state index in [1.807, 2.05) is 12.1 Å². The Morgan fingerprint density at radius 1 is 0.481 bits per heavy atom. The SMILES string of the molecule is Fc1ccc(C[Si](c2ccccc2)(c2ccccc2)c2ccccc2)cc1. The van der Waals surface area contributed by atoms with Gasteiger partial charge in [-0.05, 0) is 39.3 Å². The van der Waals surface area contributed by atoms with Crippen molar-refractivity contribution in [1.82, 2.24) is 0 Å². The third-order valence-electron chi connectivity index (χ3n) is 5.18. The van der Waals surface area contributed by atoms with Gasteiger partial charge in [-0.1, -0.05) is 103 Å². The lowest BCUT2D eigenvalue weighted by Crippen LogP contribution is -2.68. The summed E-state index contributed by atoms with van der Waals surface area (Å²) in [5.41, 5.74) is 1.17. The summed E-state index contributed by atoms with van der Waals surface area (Å²) in [5, 5.41) is 4.10. The Balaban J connectivity index is 1.98. The van der Waals surface area contributed by atoms with E-state index in [-0.39, 0.29) is 5.82 Å². The molecule has 2 heteroatoms. The summed E-state index contributed by atoms with van der Waals surface area (Å²) in [6.45, 7) is 0. The Bertz CT molecular complexity index is 884. The molecule has 0 aliphatic rings. The summed E-state index contributed by atoms with van der Waals surface area (Å²) in [5.74, 6) is -0.190. The molecule has 4 aromatic rings. The lowest BCUT2D eigenvalue weighted by molar-refractivity contribution is 0.627. The van der Waals surface area contributed by atoms with E-state index in [0.29, 0.717) is 0 Å². The number of rotatable bonds is 5. The third-order valence-corrected chi connectivity index (χ3v) is 10.1. The van der Waals surface area contributed by atoms with Crippen molar-refractivity contribution in [3.8, 4) is 0 Å². The molecular weight excluding hydrogens is 347 g/mol. The van der Waals surface area contributed by atoms with E-state index < -0.39 is 8.07 Å². The van der Waals surface area contributed by atoms with Crippen LogP contribution in [0.3, 0.4) is 0 Å². The van der Waals surface area contributed by atoms with E-state index >= 15 is 0 Å². The minimum Gasteiger partial charge on any atom is -0.207 e. The highest BCUT2D eigenvalue weighted by Crippen LogP contribution is 2.15. The van der Waals surface area contributed by atoms with E-state index in [1.165, 1.54) is 21.1 Å². The fourth-order valence-corrected chi connectivity index (χ4v) is 8.63. The van der Waals surface area contributed by atoms with Crippen LogP contribution in [-0.4, -0.2) is 8.07 Å². The average Bonchev–Trinajstić information content (AvgIpc) is 2.75. The van der Waals surface area contributed by atoms with Crippen LogP contribution in [0.5, 0.6) is 0 Å². The molecule has 4 aromatic carbocycles. The maximum Gasteiger partial charge on any atom is 0.152 e. The van der Waals surface area contributed by atoms with Crippen LogP contribution in [0, 0.1) is 5.82 Å². The molecule has 0 aliphatic heterocycles. The van der Waals surface area contributed by atoms with Crippen LogP contribution in [0.2, 0.25) is 0 Å². The van der Waals surface area contributed by atoms with Gasteiger partial charge in [0, 0.05) is 0 Å². The first kappa shape index (κ1) is 17.4. The first-order valence-corrected chi connectivity index (χ1v) is 11.4. The molecule has 0 N–H and O–H groups in total. The Labute approximate surface area is 161 Å². The molecule has 0 unspecified atom stereocenters. The molecule has 0 fully saturated rings. The Morgan fingerprint density at radius 3 is 1.22 bits per heavy atom. The highest BCUT2D eigenvalue weighted by Gasteiger charge is 2.39. The van der Waals surface area contributed by atoms with E-state index in [9.17, 15) is 4.39 Å². The van der Waals surface area contributed by atoms with E-state index in [0.717, 1.165) is 6.04 Å². The first-order chi connectivity index (χ1) is 13.3. The second-order valence-electron chi connectivity index (χ2n) is 6.81. The zero-order valence-corrected chi connectivity index (χ0v) is 16.1. The van der Waals surface area contributed by atoms with Gasteiger partial charge in [-0.2, -0.15) is 0 Å². The van der Waals surface area contributed by atoms with Gasteiger partial charge in [0.15, 0.2) is 8.07 Å². The van der Waals surface area contributed by atoms with Crippen molar-refractivity contribution >= 4 is 23.6 Å². The van der Waals surface area contributed by atoms with Gasteiger partial charge in [0.2, 0.25) is 0 Å². The van der Waals surface area contributed by atoms with Crippen molar-refractivity contribution in [2.45, 2.75) is 6.04 Å². The first-order valence-electron chi connectivity index (χ1n) is 9.20. The zero-order valence-electron chi connectivity index (χ0n) is 15.1. The molecule has 0 bridgehead atoms. The summed E-state index contributed by atoms with van der Waals surface area (Å²) in [4.78, 5) is 0. The van der Waals surface area contributed by atoms with Gasteiger partial charge in [-0.25, -0.2) is 4.39 Å². The van der Waals surface area contributed by atoms with E-state index in [2.05, 4.69) is 91.0 Å². The maximum absolute atomic E-state index is 13.5. The molecule has 0 radical (unpaired) electrons. The second-order valence-corrected chi connectivity index (χ2v) is 10.7. The number of halogens is 1. The molecule has 0 spiro atoms. The molecule has 0 nitrogen and oxygen atoms in total. The average molecular weight is 369 g/mol. The largest absolute Gasteiger partial charge is 0.207 e. The quantitative estimate of drug-likeness (QED) is 0.368. The van der Waals surface area contributed by atoms with Gasteiger partial charge in [0.05, 0.1) is 0 Å². The van der Waals surface area contributed by atoms with Crippen molar-refractivity contribution in [3.63, 3.8) is 0 Å². The van der Waals surface area contributed by atoms with Crippen molar-refractivity contribution in [1.29, 1.82) is 0 Å². The zero-order chi connectivity index (χ0) is 18.5. The highest BCUT2D eigenvalue weighted by atomic mass is 28.3. The standard InChI is InChI=1S/C25H21FSi/c26-22-18-16-21(17-19-22)20-27(23-10-4-1-5-11-23,24-12-6-2-7-13-24)25-14-8-3-9-15-25/h1-19H,20H2. The van der Waals surface area contributed by atoms with E-state index in [4.69, 9.17) is 0 Å². The van der Waals surface area contributed by atoms with Crippen molar-refractivity contribution in [2.24, 2.45) is 0 Å². The number of hydrogen-bond acceptors (Lipinski definition) is 0. The predicted molar refractivity (Wildman–Crippen MR) is 114 cm³/mol. The minimum absolute atomic E-state index is 0.190. The summed E-state index contributed by atoms with van der Waals surface area (Å²) in [6.07, 6.45) is 0. The molecule has 0 saturated carbocycles. The number of benzene rings is 4. The van der Waals surface area contributed by atoms with Gasteiger partial charge >= 0.3 is 0 Å². The van der Waals surface area contributed by atoms with Crippen molar-refractivity contribution < 1.29 is 4.39 Å². The molecule has 0 aromatic heterocycles. The molecule has 0 saturated heterocycles. The van der Waals surface area contributed by atoms with Gasteiger partial charge in [-0.3, -0.25) is 0 Å². The molecule has 4 rings (SSSR count). The summed E-state index contributed by atoms with van der Waals surface area (Å²) < 4.78 is 13.5. The molecule has 132 valence electrons. The van der Waals surface area contributed by atoms with E-state index in [1.54, 1.807) is 12.1 Å². The lowest BCUT2D eigenvalue weighted by atomic mass is 10.2. The molecule has 0 atom stereocenters. The fraction of sp³-hybridized carbons (Fsp3) is 0.0400. The second kappa shape index (κ2) is 7.73. The van der Waals surface area contributed by atoms with Crippen LogP contribution in [0.25, 0.3) is 0 Å². The Hall–Kier alpha value is -2.97. The highest BCUT2D eigenvalue weighted by molar-refractivity contribution is 7.11. The van der Waals surface area contributed by atoms with Crippen LogP contribution in [0.1, 0.15) is 5.56 Å². The normalized spacial score (nSPS) is 11.3. The minimum atomic E-state index is -2.30. The molecular formula is C25H21FSi. The van der Waals surface area contributed by atoms with Crippen LogP contribution in [0.4, 0.5) is 4.39 Å². The van der Waals surface area contributed by atoms with Crippen molar-refractivity contribution in [2.75, 3.05) is 0 Å². The van der Waals surface area contributed by atoms with Crippen LogP contribution in [0.15, 0.2) is 115 Å². The third kappa shape index (κ3) is 3.49. The Kier molecular flexibility index (Phi) is 4.99. The fourth-order valence-electron chi connectivity index (χ4n) is 3.88. The monoisotopic (exact) mass is 368 g/mol. The maximum atomic E-state index is 13.5. The van der Waals surface area contributed by atoms with Crippen LogP contribution < -0.4 is 15.6 Å². The smallest absolute Gasteiger partial charge is 0.152 e. The van der Waals surface area contributed by atoms with Gasteiger partial charge in [0.1, 0.15) is 5.82 Å². The Morgan fingerprint density at radius 2 is 0.852 bits per heavy atom. The van der Waals surface area contributed by atoms with Gasteiger partial charge < -0.3 is 0 Å². The van der Waals surface area contributed by atoms with Gasteiger partial charge in [-0.15, -0.1) is 0 Å². The van der Waals surface area contributed by atoms with Crippen LogP contribution in [-0.2, 0) is 6.04 Å².